The van der Waals surface area contributed by atoms with Gasteiger partial charge in [0.25, 0.3) is 0 Å². The Hall–Kier alpha value is -2.01. The summed E-state index contributed by atoms with van der Waals surface area (Å²) < 4.78 is 12.7. The molecule has 0 amide bonds. The van der Waals surface area contributed by atoms with Crippen LogP contribution in [0.15, 0.2) is 47.4 Å². The van der Waals surface area contributed by atoms with Gasteiger partial charge in [-0.3, -0.25) is 4.79 Å². The van der Waals surface area contributed by atoms with Crippen LogP contribution in [0.5, 0.6) is 11.5 Å². The number of phenolic OH excluding ortho intramolecular Hbond substituents is 2. The van der Waals surface area contributed by atoms with Gasteiger partial charge in [-0.05, 0) is 42.5 Å². The van der Waals surface area contributed by atoms with Crippen LogP contribution < -0.4 is 0 Å². The molecule has 0 aliphatic heterocycles. The van der Waals surface area contributed by atoms with Crippen LogP contribution in [0.4, 0.5) is 4.39 Å². The SMILES string of the molecule is O=C(CSc1ccc(F)cc1)c1ccc(O)c(O)c1. The van der Waals surface area contributed by atoms with E-state index in [1.807, 2.05) is 0 Å². The smallest absolute Gasteiger partial charge is 0.173 e. The van der Waals surface area contributed by atoms with Gasteiger partial charge in [0.2, 0.25) is 0 Å². The first-order chi connectivity index (χ1) is 9.06. The summed E-state index contributed by atoms with van der Waals surface area (Å²) in [7, 11) is 0. The van der Waals surface area contributed by atoms with Gasteiger partial charge in [-0.1, -0.05) is 0 Å². The highest BCUT2D eigenvalue weighted by atomic mass is 32.2. The van der Waals surface area contributed by atoms with Crippen LogP contribution in [-0.4, -0.2) is 21.7 Å². The monoisotopic (exact) mass is 278 g/mol. The second-order valence-electron chi connectivity index (χ2n) is 3.87. The Balaban J connectivity index is 2.01. The summed E-state index contributed by atoms with van der Waals surface area (Å²) in [6.45, 7) is 0. The Bertz CT molecular complexity index is 596. The zero-order valence-corrected chi connectivity index (χ0v) is 10.7. The number of halogens is 1. The third-order valence-corrected chi connectivity index (χ3v) is 3.49. The van der Waals surface area contributed by atoms with E-state index in [1.54, 1.807) is 12.1 Å². The number of carbonyl (C=O) groups excluding carboxylic acids is 1. The zero-order chi connectivity index (χ0) is 13.8. The fraction of sp³-hybridized carbons (Fsp3) is 0.0714. The summed E-state index contributed by atoms with van der Waals surface area (Å²) in [5.41, 5.74) is 0.324. The third kappa shape index (κ3) is 3.48. The first-order valence-electron chi connectivity index (χ1n) is 5.50. The van der Waals surface area contributed by atoms with E-state index in [4.69, 9.17) is 5.11 Å². The highest BCUT2D eigenvalue weighted by Gasteiger charge is 2.09. The maximum atomic E-state index is 12.7. The molecule has 2 aromatic carbocycles. The van der Waals surface area contributed by atoms with E-state index in [2.05, 4.69) is 0 Å². The van der Waals surface area contributed by atoms with E-state index >= 15 is 0 Å². The molecule has 98 valence electrons. The Morgan fingerprint density at radius 1 is 1.05 bits per heavy atom. The van der Waals surface area contributed by atoms with Gasteiger partial charge < -0.3 is 10.2 Å². The fourth-order valence-corrected chi connectivity index (χ4v) is 2.25. The first-order valence-corrected chi connectivity index (χ1v) is 6.48. The number of thioether (sulfide) groups is 1. The van der Waals surface area contributed by atoms with E-state index in [1.165, 1.54) is 42.1 Å². The predicted molar refractivity (Wildman–Crippen MR) is 71.2 cm³/mol. The largest absolute Gasteiger partial charge is 0.504 e. The van der Waals surface area contributed by atoms with Crippen molar-refractivity contribution >= 4 is 17.5 Å². The maximum Gasteiger partial charge on any atom is 0.173 e. The second-order valence-corrected chi connectivity index (χ2v) is 4.92. The van der Waals surface area contributed by atoms with Gasteiger partial charge in [0.1, 0.15) is 5.82 Å². The van der Waals surface area contributed by atoms with Gasteiger partial charge in [0.15, 0.2) is 17.3 Å². The molecule has 0 bridgehead atoms. The molecule has 0 spiro atoms. The van der Waals surface area contributed by atoms with Crippen molar-refractivity contribution in [2.45, 2.75) is 4.90 Å². The van der Waals surface area contributed by atoms with Gasteiger partial charge >= 0.3 is 0 Å². The van der Waals surface area contributed by atoms with Crippen LogP contribution in [0.1, 0.15) is 10.4 Å². The molecule has 5 heteroatoms. The molecule has 0 unspecified atom stereocenters. The fourth-order valence-electron chi connectivity index (χ4n) is 1.46. The van der Waals surface area contributed by atoms with E-state index < -0.39 is 0 Å². The molecule has 0 saturated heterocycles. The van der Waals surface area contributed by atoms with Crippen molar-refractivity contribution < 1.29 is 19.4 Å². The molecular weight excluding hydrogens is 267 g/mol. The molecule has 0 saturated carbocycles. The minimum atomic E-state index is -0.322. The van der Waals surface area contributed by atoms with Crippen LogP contribution in [-0.2, 0) is 0 Å². The number of ketones is 1. The number of benzene rings is 2. The van der Waals surface area contributed by atoms with Crippen molar-refractivity contribution in [3.8, 4) is 11.5 Å². The predicted octanol–water partition coefficient (Wildman–Crippen LogP) is 3.21. The lowest BCUT2D eigenvalue weighted by Crippen LogP contribution is -2.01. The molecule has 19 heavy (non-hydrogen) atoms. The molecule has 2 rings (SSSR count). The molecule has 2 N–H and O–H groups in total. The minimum Gasteiger partial charge on any atom is -0.504 e. The van der Waals surface area contributed by atoms with Crippen LogP contribution in [0, 0.1) is 5.82 Å². The summed E-state index contributed by atoms with van der Waals surface area (Å²) >= 11 is 1.28. The van der Waals surface area contributed by atoms with Crippen molar-refractivity contribution in [3.63, 3.8) is 0 Å². The van der Waals surface area contributed by atoms with E-state index in [0.717, 1.165) is 4.90 Å². The minimum absolute atomic E-state index is 0.176. The normalized spacial score (nSPS) is 10.4. The number of aromatic hydroxyl groups is 2. The quantitative estimate of drug-likeness (QED) is 0.512. The summed E-state index contributed by atoms with van der Waals surface area (Å²) in [6, 6.07) is 9.80. The Morgan fingerprint density at radius 3 is 2.37 bits per heavy atom. The maximum absolute atomic E-state index is 12.7. The Labute approximate surface area is 113 Å². The molecule has 0 aliphatic carbocycles. The van der Waals surface area contributed by atoms with Crippen molar-refractivity contribution in [1.29, 1.82) is 0 Å². The standard InChI is InChI=1S/C14H11FO3S/c15-10-2-4-11(5-3-10)19-8-14(18)9-1-6-12(16)13(17)7-9/h1-7,16-17H,8H2. The molecule has 0 radical (unpaired) electrons. The number of carbonyl (C=O) groups is 1. The van der Waals surface area contributed by atoms with Gasteiger partial charge in [-0.25, -0.2) is 4.39 Å². The van der Waals surface area contributed by atoms with Crippen molar-refractivity contribution in [3.05, 3.63) is 53.8 Å². The molecule has 0 heterocycles. The van der Waals surface area contributed by atoms with Gasteiger partial charge in [0.05, 0.1) is 5.75 Å². The highest BCUT2D eigenvalue weighted by molar-refractivity contribution is 8.00. The third-order valence-electron chi connectivity index (χ3n) is 2.48. The lowest BCUT2D eigenvalue weighted by atomic mass is 10.1. The molecule has 0 aromatic heterocycles. The second kappa shape index (κ2) is 5.75. The lowest BCUT2D eigenvalue weighted by Gasteiger charge is -2.03. The highest BCUT2D eigenvalue weighted by Crippen LogP contribution is 2.26. The Morgan fingerprint density at radius 2 is 1.74 bits per heavy atom. The molecular formula is C14H11FO3S. The van der Waals surface area contributed by atoms with Crippen LogP contribution in [0.2, 0.25) is 0 Å². The van der Waals surface area contributed by atoms with Gasteiger partial charge in [0, 0.05) is 10.5 Å². The summed E-state index contributed by atoms with van der Waals surface area (Å²) in [5, 5.41) is 18.5. The summed E-state index contributed by atoms with van der Waals surface area (Å²) in [5.74, 6) is -0.903. The average Bonchev–Trinajstić information content (AvgIpc) is 2.41. The lowest BCUT2D eigenvalue weighted by molar-refractivity contribution is 0.102. The first kappa shape index (κ1) is 13.4. The van der Waals surface area contributed by atoms with Crippen molar-refractivity contribution in [2.75, 3.05) is 5.75 Å². The van der Waals surface area contributed by atoms with Gasteiger partial charge in [-0.2, -0.15) is 0 Å². The summed E-state index contributed by atoms with van der Waals surface area (Å²) in [4.78, 5) is 12.7. The van der Waals surface area contributed by atoms with E-state index in [9.17, 15) is 14.3 Å². The van der Waals surface area contributed by atoms with Crippen molar-refractivity contribution in [1.82, 2.24) is 0 Å². The summed E-state index contributed by atoms with van der Waals surface area (Å²) in [6.07, 6.45) is 0. The molecule has 3 nitrogen and oxygen atoms in total. The topological polar surface area (TPSA) is 57.5 Å². The molecule has 2 aromatic rings. The van der Waals surface area contributed by atoms with Gasteiger partial charge in [-0.15, -0.1) is 11.8 Å². The van der Waals surface area contributed by atoms with Crippen molar-refractivity contribution in [2.24, 2.45) is 0 Å². The van der Waals surface area contributed by atoms with Crippen LogP contribution in [0.3, 0.4) is 0 Å². The number of phenols is 2. The van der Waals surface area contributed by atoms with E-state index in [0.29, 0.717) is 5.56 Å². The van der Waals surface area contributed by atoms with Crippen LogP contribution in [0.25, 0.3) is 0 Å². The molecule has 0 fully saturated rings. The average molecular weight is 278 g/mol. The number of hydrogen-bond donors (Lipinski definition) is 2. The van der Waals surface area contributed by atoms with E-state index in [-0.39, 0.29) is 28.9 Å². The van der Waals surface area contributed by atoms with Crippen LogP contribution >= 0.6 is 11.8 Å². The number of hydrogen-bond acceptors (Lipinski definition) is 4. The molecule has 0 atom stereocenters. The Kier molecular flexibility index (Phi) is 4.06. The molecule has 0 aliphatic rings. The zero-order valence-electron chi connectivity index (χ0n) is 9.84. The number of Topliss-reactive ketones (excluding diaryl/α,β-unsaturated/α-hetero) is 1. The number of rotatable bonds is 4.